The lowest BCUT2D eigenvalue weighted by atomic mass is 9.83. The van der Waals surface area contributed by atoms with Gasteiger partial charge in [0.05, 0.1) is 40.1 Å². The number of hydrogen-bond acceptors (Lipinski definition) is 8. The molecule has 1 amide bonds. The fourth-order valence-corrected chi connectivity index (χ4v) is 6.37. The van der Waals surface area contributed by atoms with Crippen LogP contribution in [0, 0.1) is 6.92 Å². The summed E-state index contributed by atoms with van der Waals surface area (Å²) in [6.07, 6.45) is 5.41. The number of nitrogens with zero attached hydrogens (tertiary/aromatic N) is 2. The third-order valence-corrected chi connectivity index (χ3v) is 8.94. The molecule has 1 saturated carbocycles. The average Bonchev–Trinajstić information content (AvgIpc) is 3.91. The number of nitrogens with one attached hydrogen (secondary N) is 2. The summed E-state index contributed by atoms with van der Waals surface area (Å²) in [7, 11) is 3.31. The van der Waals surface area contributed by atoms with Gasteiger partial charge in [0.15, 0.2) is 0 Å². The van der Waals surface area contributed by atoms with Crippen molar-refractivity contribution in [2.24, 2.45) is 0 Å². The Morgan fingerprint density at radius 1 is 0.978 bits per heavy atom. The van der Waals surface area contributed by atoms with Crippen LogP contribution < -0.4 is 24.8 Å². The van der Waals surface area contributed by atoms with E-state index >= 15 is 0 Å². The first-order valence-corrected chi connectivity index (χ1v) is 16.0. The highest BCUT2D eigenvalue weighted by molar-refractivity contribution is 6.03. The van der Waals surface area contributed by atoms with E-state index in [-0.39, 0.29) is 18.0 Å². The van der Waals surface area contributed by atoms with E-state index in [1.807, 2.05) is 49.4 Å². The Morgan fingerprint density at radius 2 is 1.80 bits per heavy atom. The number of piperazine rings is 1. The summed E-state index contributed by atoms with van der Waals surface area (Å²) in [5.74, 6) is 2.38. The lowest BCUT2D eigenvalue weighted by Gasteiger charge is -2.41. The lowest BCUT2D eigenvalue weighted by Crippen LogP contribution is -2.60. The van der Waals surface area contributed by atoms with Crippen LogP contribution in [0.1, 0.15) is 47.9 Å². The first-order valence-electron chi connectivity index (χ1n) is 16.0. The fourth-order valence-electron chi connectivity index (χ4n) is 6.37. The number of fused-ring (bicyclic) bond motifs is 2. The van der Waals surface area contributed by atoms with Crippen LogP contribution in [-0.2, 0) is 22.7 Å². The number of amides is 1. The first-order chi connectivity index (χ1) is 22.1. The van der Waals surface area contributed by atoms with Crippen molar-refractivity contribution in [2.45, 2.75) is 63.9 Å². The molecule has 238 valence electrons. The van der Waals surface area contributed by atoms with Crippen LogP contribution in [-0.4, -0.2) is 74.4 Å². The topological polar surface area (TPSA) is 94.2 Å². The smallest absolute Gasteiger partial charge is 0.252 e. The molecule has 2 N–H and O–H groups in total. The Balaban J connectivity index is 1.13. The van der Waals surface area contributed by atoms with E-state index < -0.39 is 0 Å². The van der Waals surface area contributed by atoms with Gasteiger partial charge < -0.3 is 34.5 Å². The fraction of sp³-hybridized carbons (Fsp3) is 0.444. The maximum atomic E-state index is 14.5. The number of benzene rings is 2. The number of aromatic nitrogens is 1. The molecule has 2 aliphatic heterocycles. The second kappa shape index (κ2) is 14.5. The Labute approximate surface area is 265 Å². The van der Waals surface area contributed by atoms with Crippen LogP contribution >= 0.6 is 0 Å². The number of para-hydroxylation sites is 1. The highest BCUT2D eigenvalue weighted by Crippen LogP contribution is 2.37. The van der Waals surface area contributed by atoms with Crippen LogP contribution in [0.3, 0.4) is 0 Å². The van der Waals surface area contributed by atoms with Gasteiger partial charge in [0, 0.05) is 61.0 Å². The Hall–Kier alpha value is -3.92. The van der Waals surface area contributed by atoms with Crippen molar-refractivity contribution in [1.82, 2.24) is 20.5 Å². The van der Waals surface area contributed by atoms with Crippen LogP contribution in [0.4, 0.5) is 0 Å². The van der Waals surface area contributed by atoms with Crippen molar-refractivity contribution in [3.05, 3.63) is 88.6 Å². The molecule has 1 saturated heterocycles. The zero-order valence-electron chi connectivity index (χ0n) is 26.5. The van der Waals surface area contributed by atoms with Gasteiger partial charge in [-0.15, -0.1) is 0 Å². The Morgan fingerprint density at radius 3 is 2.58 bits per heavy atom. The van der Waals surface area contributed by atoms with E-state index in [9.17, 15) is 4.79 Å². The van der Waals surface area contributed by atoms with E-state index in [1.54, 1.807) is 20.4 Å². The number of carbonyl (C=O) groups is 1. The summed E-state index contributed by atoms with van der Waals surface area (Å²) < 4.78 is 22.7. The molecule has 2 bridgehead atoms. The van der Waals surface area contributed by atoms with Gasteiger partial charge in [0.25, 0.3) is 5.91 Å². The second-order valence-electron chi connectivity index (χ2n) is 12.0. The van der Waals surface area contributed by atoms with Crippen molar-refractivity contribution < 1.29 is 23.7 Å². The minimum absolute atomic E-state index is 0.0268. The molecule has 9 heteroatoms. The molecule has 45 heavy (non-hydrogen) atoms. The zero-order chi connectivity index (χ0) is 31.2. The van der Waals surface area contributed by atoms with Gasteiger partial charge in [-0.25, -0.2) is 4.98 Å². The van der Waals surface area contributed by atoms with Crippen molar-refractivity contribution in [2.75, 3.05) is 40.5 Å². The molecule has 3 aromatic rings. The molecular formula is C36H44N4O5. The maximum absolute atomic E-state index is 14.5. The molecule has 3 heterocycles. The predicted octanol–water partition coefficient (Wildman–Crippen LogP) is 4.67. The summed E-state index contributed by atoms with van der Waals surface area (Å²) in [6.45, 7) is 5.86. The molecule has 1 aliphatic carbocycles. The lowest BCUT2D eigenvalue weighted by molar-refractivity contribution is -0.128. The molecule has 6 rings (SSSR count). The normalized spacial score (nSPS) is 19.3. The zero-order valence-corrected chi connectivity index (χ0v) is 26.5. The molecule has 2 aromatic carbocycles. The van der Waals surface area contributed by atoms with Crippen LogP contribution in [0.25, 0.3) is 5.57 Å². The predicted molar refractivity (Wildman–Crippen MR) is 173 cm³/mol. The SMILES string of the molecule is COc1ccccc1COCCCOc1ccc(C2=C(C(=O)N(Cc3ccnc(OC)c3C)C3CC3)[C@H]3CNC[C@@H](C2)N3)cc1. The molecule has 0 radical (unpaired) electrons. The van der Waals surface area contributed by atoms with Crippen molar-refractivity contribution in [1.29, 1.82) is 0 Å². The molecular weight excluding hydrogens is 568 g/mol. The molecule has 2 atom stereocenters. The molecule has 0 spiro atoms. The molecule has 1 aromatic heterocycles. The molecule has 2 fully saturated rings. The van der Waals surface area contributed by atoms with Gasteiger partial charge >= 0.3 is 0 Å². The van der Waals surface area contributed by atoms with Gasteiger partial charge in [0.1, 0.15) is 11.5 Å². The monoisotopic (exact) mass is 612 g/mol. The average molecular weight is 613 g/mol. The summed E-state index contributed by atoms with van der Waals surface area (Å²) in [5, 5.41) is 7.26. The third-order valence-electron chi connectivity index (χ3n) is 8.94. The van der Waals surface area contributed by atoms with Crippen LogP contribution in [0.2, 0.25) is 0 Å². The number of rotatable bonds is 14. The Kier molecular flexibility index (Phi) is 9.98. The first kappa shape index (κ1) is 31.1. The van der Waals surface area contributed by atoms with Gasteiger partial charge in [-0.3, -0.25) is 4.79 Å². The highest BCUT2D eigenvalue weighted by atomic mass is 16.5. The van der Waals surface area contributed by atoms with Crippen molar-refractivity contribution in [3.8, 4) is 17.4 Å². The third kappa shape index (κ3) is 7.32. The molecule has 0 unspecified atom stereocenters. The summed E-state index contributed by atoms with van der Waals surface area (Å²) >= 11 is 0. The second-order valence-corrected chi connectivity index (χ2v) is 12.0. The van der Waals surface area contributed by atoms with Gasteiger partial charge in [0.2, 0.25) is 5.88 Å². The van der Waals surface area contributed by atoms with Gasteiger partial charge in [-0.2, -0.15) is 0 Å². The van der Waals surface area contributed by atoms with Crippen molar-refractivity contribution in [3.63, 3.8) is 0 Å². The summed E-state index contributed by atoms with van der Waals surface area (Å²) in [4.78, 5) is 20.9. The maximum Gasteiger partial charge on any atom is 0.252 e. The quantitative estimate of drug-likeness (QED) is 0.254. The standard InChI is InChI=1S/C36H44N4O5/c1-24-26(15-16-38-35(24)43-3)22-40(29-11-12-29)36(41)34-31(19-28-20-37-21-32(34)39-28)25-9-13-30(14-10-25)45-18-6-17-44-23-27-7-4-5-8-33(27)42-2/h4-5,7-10,13-16,28-29,32,37,39H,6,11-12,17-23H2,1-3H3/t28-,32-/m1/s1. The number of pyridine rings is 1. The van der Waals surface area contributed by atoms with Crippen LogP contribution in [0.5, 0.6) is 17.4 Å². The molecule has 3 aliphatic rings. The van der Waals surface area contributed by atoms with Gasteiger partial charge in [-0.05, 0) is 67.2 Å². The largest absolute Gasteiger partial charge is 0.496 e. The van der Waals surface area contributed by atoms with Gasteiger partial charge in [-0.1, -0.05) is 30.3 Å². The van der Waals surface area contributed by atoms with E-state index in [0.717, 1.165) is 83.7 Å². The van der Waals surface area contributed by atoms with E-state index in [1.165, 1.54) is 0 Å². The number of hydrogen-bond donors (Lipinski definition) is 2. The Bertz CT molecular complexity index is 1500. The van der Waals surface area contributed by atoms with E-state index in [0.29, 0.717) is 38.3 Å². The number of carbonyl (C=O) groups excluding carboxylic acids is 1. The highest BCUT2D eigenvalue weighted by Gasteiger charge is 2.41. The molecule has 9 nitrogen and oxygen atoms in total. The van der Waals surface area contributed by atoms with E-state index in [4.69, 9.17) is 18.9 Å². The minimum Gasteiger partial charge on any atom is -0.496 e. The summed E-state index contributed by atoms with van der Waals surface area (Å²) in [5.41, 5.74) is 6.19. The van der Waals surface area contributed by atoms with E-state index in [2.05, 4.69) is 32.7 Å². The van der Waals surface area contributed by atoms with Crippen LogP contribution in [0.15, 0.2) is 66.4 Å². The minimum atomic E-state index is -0.0268. The summed E-state index contributed by atoms with van der Waals surface area (Å²) in [6, 6.07) is 18.7. The van der Waals surface area contributed by atoms with Crippen molar-refractivity contribution >= 4 is 11.5 Å². The number of ether oxygens (including phenoxy) is 4. The number of methoxy groups -OCH3 is 2.